The molecule has 0 saturated heterocycles. The predicted molar refractivity (Wildman–Crippen MR) is 153 cm³/mol. The zero-order chi connectivity index (χ0) is 29.7. The van der Waals surface area contributed by atoms with Gasteiger partial charge in [0.1, 0.15) is 11.9 Å². The van der Waals surface area contributed by atoms with E-state index in [1.54, 1.807) is 13.0 Å². The van der Waals surface area contributed by atoms with Crippen molar-refractivity contribution in [1.29, 1.82) is 0 Å². The molecule has 41 heavy (non-hydrogen) atoms. The number of nitrogens with one attached hydrogen (secondary N) is 4. The lowest BCUT2D eigenvalue weighted by molar-refractivity contribution is -0.139. The highest BCUT2D eigenvalue weighted by molar-refractivity contribution is 6.41. The highest BCUT2D eigenvalue weighted by atomic mass is 35.5. The maximum atomic E-state index is 13.5. The van der Waals surface area contributed by atoms with Crippen LogP contribution in [0.1, 0.15) is 45.1 Å². The van der Waals surface area contributed by atoms with Crippen LogP contribution in [0.2, 0.25) is 10.0 Å². The number of carbonyl (C=O) groups is 4. The standard InChI is InChI=1S/C29H27Cl2FN4O5/c1-15-12-16(6-9-20(15)32)13-24(37)34-22-11-8-19(30)25(26(22)31)27(38)35-23(28(39)40)14-33-29(41)36-21-10-7-17-4-2-3-5-18(17)21/h2-6,8-9,11-12,21,23H,7,10,13-14H2,1H3,(H,34,37)(H,35,38)(H,39,40)(H2,33,36,41)/t21-,23+/m1/s1. The maximum absolute atomic E-state index is 13.5. The molecule has 0 aromatic heterocycles. The van der Waals surface area contributed by atoms with Crippen molar-refractivity contribution in [3.63, 3.8) is 0 Å². The molecule has 0 saturated carbocycles. The van der Waals surface area contributed by atoms with Gasteiger partial charge >= 0.3 is 12.0 Å². The number of fused-ring (bicyclic) bond motifs is 1. The number of aryl methyl sites for hydroxylation is 2. The fraction of sp³-hybridized carbons (Fsp3) is 0.241. The SMILES string of the molecule is Cc1cc(CC(=O)Nc2ccc(Cl)c(C(=O)N[C@@H](CNC(=O)N[C@@H]3CCc4ccccc43)C(=O)O)c2Cl)ccc1F. The Hall–Kier alpha value is -4.15. The van der Waals surface area contributed by atoms with E-state index < -0.39 is 36.4 Å². The Kier molecular flexibility index (Phi) is 9.46. The van der Waals surface area contributed by atoms with Crippen LogP contribution in [0.3, 0.4) is 0 Å². The van der Waals surface area contributed by atoms with Crippen molar-refractivity contribution >= 4 is 52.7 Å². The van der Waals surface area contributed by atoms with Crippen molar-refractivity contribution in [3.05, 3.63) is 98.3 Å². The molecule has 0 bridgehead atoms. The number of carboxylic acids is 1. The molecule has 0 radical (unpaired) electrons. The number of hydrogen-bond acceptors (Lipinski definition) is 4. The highest BCUT2D eigenvalue weighted by Crippen LogP contribution is 2.32. The van der Waals surface area contributed by atoms with Crippen LogP contribution in [0.4, 0.5) is 14.9 Å². The molecule has 214 valence electrons. The normalized spacial score (nSPS) is 14.5. The van der Waals surface area contributed by atoms with Crippen molar-refractivity contribution in [2.45, 2.75) is 38.3 Å². The van der Waals surface area contributed by atoms with Crippen LogP contribution in [0.5, 0.6) is 0 Å². The minimum atomic E-state index is -1.50. The maximum Gasteiger partial charge on any atom is 0.328 e. The topological polar surface area (TPSA) is 137 Å². The first-order valence-electron chi connectivity index (χ1n) is 12.7. The number of benzene rings is 3. The third-order valence-electron chi connectivity index (χ3n) is 6.69. The van der Waals surface area contributed by atoms with E-state index in [1.165, 1.54) is 24.3 Å². The van der Waals surface area contributed by atoms with Gasteiger partial charge in [-0.05, 0) is 60.2 Å². The van der Waals surface area contributed by atoms with E-state index in [2.05, 4.69) is 21.3 Å². The van der Waals surface area contributed by atoms with E-state index in [-0.39, 0.29) is 39.6 Å². The molecule has 4 amide bonds. The van der Waals surface area contributed by atoms with E-state index in [9.17, 15) is 28.7 Å². The lowest BCUT2D eigenvalue weighted by atomic mass is 10.1. The number of rotatable bonds is 9. The summed E-state index contributed by atoms with van der Waals surface area (Å²) in [5, 5.41) is 19.6. The van der Waals surface area contributed by atoms with Gasteiger partial charge < -0.3 is 26.4 Å². The molecule has 1 aliphatic carbocycles. The van der Waals surface area contributed by atoms with Gasteiger partial charge in [-0.1, -0.05) is 59.6 Å². The van der Waals surface area contributed by atoms with E-state index in [4.69, 9.17) is 23.2 Å². The number of aliphatic carboxylic acids is 1. The van der Waals surface area contributed by atoms with Crippen molar-refractivity contribution < 1.29 is 28.7 Å². The quantitative estimate of drug-likeness (QED) is 0.240. The summed E-state index contributed by atoms with van der Waals surface area (Å²) < 4.78 is 13.5. The van der Waals surface area contributed by atoms with Crippen molar-refractivity contribution in [1.82, 2.24) is 16.0 Å². The summed E-state index contributed by atoms with van der Waals surface area (Å²) in [7, 11) is 0. The molecule has 0 aliphatic heterocycles. The van der Waals surface area contributed by atoms with Crippen molar-refractivity contribution in [2.75, 3.05) is 11.9 Å². The van der Waals surface area contributed by atoms with E-state index in [1.807, 2.05) is 24.3 Å². The Balaban J connectivity index is 1.38. The van der Waals surface area contributed by atoms with Crippen LogP contribution in [-0.4, -0.2) is 41.5 Å². The summed E-state index contributed by atoms with van der Waals surface area (Å²) in [6.07, 6.45) is 1.46. The molecule has 4 rings (SSSR count). The van der Waals surface area contributed by atoms with Gasteiger partial charge in [-0.3, -0.25) is 9.59 Å². The van der Waals surface area contributed by atoms with Crippen LogP contribution in [0.15, 0.2) is 54.6 Å². The third-order valence-corrected chi connectivity index (χ3v) is 7.40. The minimum Gasteiger partial charge on any atom is -0.480 e. The third kappa shape index (κ3) is 7.33. The van der Waals surface area contributed by atoms with Gasteiger partial charge in [0.25, 0.3) is 5.91 Å². The summed E-state index contributed by atoms with van der Waals surface area (Å²) in [5.74, 6) is -3.17. The Labute approximate surface area is 245 Å². The first kappa shape index (κ1) is 29.8. The second-order valence-electron chi connectivity index (χ2n) is 9.60. The second kappa shape index (κ2) is 13.0. The number of carbonyl (C=O) groups excluding carboxylic acids is 3. The molecule has 0 unspecified atom stereocenters. The predicted octanol–water partition coefficient (Wildman–Crippen LogP) is 4.79. The minimum absolute atomic E-state index is 0.0746. The zero-order valence-electron chi connectivity index (χ0n) is 21.9. The van der Waals surface area contributed by atoms with Gasteiger partial charge in [-0.25, -0.2) is 14.0 Å². The molecule has 2 atom stereocenters. The molecule has 12 heteroatoms. The number of hydrogen-bond donors (Lipinski definition) is 5. The van der Waals surface area contributed by atoms with Gasteiger partial charge in [-0.15, -0.1) is 0 Å². The second-order valence-corrected chi connectivity index (χ2v) is 10.4. The highest BCUT2D eigenvalue weighted by Gasteiger charge is 2.27. The first-order chi connectivity index (χ1) is 19.5. The molecule has 9 nitrogen and oxygen atoms in total. The molecule has 3 aromatic carbocycles. The number of anilines is 1. The molecular weight excluding hydrogens is 574 g/mol. The van der Waals surface area contributed by atoms with Gasteiger partial charge in [0, 0.05) is 0 Å². The Morgan fingerprint density at radius 3 is 2.56 bits per heavy atom. The molecule has 3 aromatic rings. The van der Waals surface area contributed by atoms with Gasteiger partial charge in [0.05, 0.1) is 40.3 Å². The summed E-state index contributed by atoms with van der Waals surface area (Å²) in [5.41, 5.74) is 2.94. The van der Waals surface area contributed by atoms with Gasteiger partial charge in [0.15, 0.2) is 0 Å². The average molecular weight is 601 g/mol. The monoisotopic (exact) mass is 600 g/mol. The number of halogens is 3. The van der Waals surface area contributed by atoms with E-state index in [0.29, 0.717) is 11.1 Å². The molecule has 1 aliphatic rings. The Morgan fingerprint density at radius 2 is 1.83 bits per heavy atom. The van der Waals surface area contributed by atoms with Crippen LogP contribution >= 0.6 is 23.2 Å². The molecular formula is C29H27Cl2FN4O5. The summed E-state index contributed by atoms with van der Waals surface area (Å²) in [4.78, 5) is 50.0. The average Bonchev–Trinajstić information content (AvgIpc) is 3.32. The van der Waals surface area contributed by atoms with Crippen LogP contribution in [-0.2, 0) is 22.4 Å². The summed E-state index contributed by atoms with van der Waals surface area (Å²) in [6.45, 7) is 1.17. The van der Waals surface area contributed by atoms with Crippen molar-refractivity contribution in [2.24, 2.45) is 0 Å². The van der Waals surface area contributed by atoms with Crippen LogP contribution in [0, 0.1) is 12.7 Å². The fourth-order valence-electron chi connectivity index (χ4n) is 4.60. The number of urea groups is 1. The summed E-state index contributed by atoms with van der Waals surface area (Å²) in [6, 6.07) is 12.5. The molecule has 0 fully saturated rings. The molecule has 0 spiro atoms. The fourth-order valence-corrected chi connectivity index (χ4v) is 5.18. The number of amides is 4. The van der Waals surface area contributed by atoms with Crippen LogP contribution in [0.25, 0.3) is 0 Å². The zero-order valence-corrected chi connectivity index (χ0v) is 23.4. The smallest absolute Gasteiger partial charge is 0.328 e. The molecule has 5 N–H and O–H groups in total. The Morgan fingerprint density at radius 1 is 1.07 bits per heavy atom. The largest absolute Gasteiger partial charge is 0.480 e. The van der Waals surface area contributed by atoms with E-state index in [0.717, 1.165) is 24.0 Å². The van der Waals surface area contributed by atoms with Crippen molar-refractivity contribution in [3.8, 4) is 0 Å². The van der Waals surface area contributed by atoms with E-state index >= 15 is 0 Å². The lowest BCUT2D eigenvalue weighted by Crippen LogP contribution is -2.50. The van der Waals surface area contributed by atoms with Gasteiger partial charge in [-0.2, -0.15) is 0 Å². The summed E-state index contributed by atoms with van der Waals surface area (Å²) >= 11 is 12.6. The first-order valence-corrected chi connectivity index (χ1v) is 13.5. The number of carboxylic acid groups (broad SMARTS) is 1. The molecule has 0 heterocycles. The lowest BCUT2D eigenvalue weighted by Gasteiger charge is -2.19. The van der Waals surface area contributed by atoms with Gasteiger partial charge in [0.2, 0.25) is 5.91 Å². The van der Waals surface area contributed by atoms with Crippen LogP contribution < -0.4 is 21.3 Å². The Bertz CT molecular complexity index is 1520.